The lowest BCUT2D eigenvalue weighted by Gasteiger charge is -2.41. The van der Waals surface area contributed by atoms with Crippen molar-refractivity contribution in [2.45, 2.75) is 70.5 Å². The van der Waals surface area contributed by atoms with Crippen molar-refractivity contribution in [3.8, 4) is 0 Å². The summed E-state index contributed by atoms with van der Waals surface area (Å²) in [6.07, 6.45) is 0.783. The van der Waals surface area contributed by atoms with E-state index in [0.717, 1.165) is 12.0 Å². The summed E-state index contributed by atoms with van der Waals surface area (Å²) in [5.74, 6) is 0. The van der Waals surface area contributed by atoms with E-state index >= 15 is 0 Å². The predicted octanol–water partition coefficient (Wildman–Crippen LogP) is 5.49. The van der Waals surface area contributed by atoms with Gasteiger partial charge in [0.25, 0.3) is 0 Å². The zero-order valence-corrected chi connectivity index (χ0v) is 18.6. The molecule has 1 aliphatic rings. The Morgan fingerprint density at radius 1 is 1.32 bits per heavy atom. The van der Waals surface area contributed by atoms with E-state index in [-0.39, 0.29) is 29.9 Å². The Labute approximate surface area is 168 Å². The molecule has 0 N–H and O–H groups in total. The topological polar surface area (TPSA) is 87.5 Å². The van der Waals surface area contributed by atoms with Crippen molar-refractivity contribution in [3.63, 3.8) is 0 Å². The third-order valence-electron chi connectivity index (χ3n) is 5.67. The fourth-order valence-corrected chi connectivity index (χ4v) is 4.30. The summed E-state index contributed by atoms with van der Waals surface area (Å²) >= 11 is 0. The van der Waals surface area contributed by atoms with Crippen LogP contribution in [-0.2, 0) is 15.8 Å². The number of azide groups is 1. The van der Waals surface area contributed by atoms with Gasteiger partial charge in [0.1, 0.15) is 6.61 Å². The Morgan fingerprint density at radius 3 is 2.61 bits per heavy atom. The molecular weight excluding hydrogens is 372 g/mol. The highest BCUT2D eigenvalue weighted by atomic mass is 28.4. The van der Waals surface area contributed by atoms with Gasteiger partial charge in [0.2, 0.25) is 0 Å². The van der Waals surface area contributed by atoms with Gasteiger partial charge in [-0.1, -0.05) is 56.2 Å². The summed E-state index contributed by atoms with van der Waals surface area (Å²) in [7, 11) is -2.08. The molecule has 0 aromatic heterocycles. The maximum absolute atomic E-state index is 12.7. The van der Waals surface area contributed by atoms with E-state index in [9.17, 15) is 4.79 Å². The van der Waals surface area contributed by atoms with Gasteiger partial charge in [-0.05, 0) is 42.1 Å². The highest BCUT2D eigenvalue weighted by Gasteiger charge is 2.42. The summed E-state index contributed by atoms with van der Waals surface area (Å²) in [5.41, 5.74) is 9.93. The first kappa shape index (κ1) is 22.3. The van der Waals surface area contributed by atoms with Gasteiger partial charge in [-0.3, -0.25) is 0 Å². The van der Waals surface area contributed by atoms with Crippen LogP contribution in [0.4, 0.5) is 4.79 Å². The largest absolute Gasteiger partial charge is 0.445 e. The van der Waals surface area contributed by atoms with Gasteiger partial charge in [-0.15, -0.1) is 0 Å². The van der Waals surface area contributed by atoms with E-state index in [1.807, 2.05) is 30.3 Å². The normalized spacial score (nSPS) is 20.8. The maximum Gasteiger partial charge on any atom is 0.410 e. The molecule has 0 radical (unpaired) electrons. The Hall–Kier alpha value is -2.02. The third kappa shape index (κ3) is 5.99. The first-order valence-electron chi connectivity index (χ1n) is 9.82. The van der Waals surface area contributed by atoms with Crippen molar-refractivity contribution in [1.29, 1.82) is 0 Å². The van der Waals surface area contributed by atoms with Gasteiger partial charge >= 0.3 is 6.09 Å². The number of amides is 1. The standard InChI is InChI=1S/C20H32N4O3Si/c1-20(2,3)28(4,5)27-18-14-24(13-9-12-17(18)22-23-21)19(25)26-15-16-10-7-6-8-11-16/h6-8,10-11,17-18H,9,12-15H2,1-5H3. The molecule has 2 unspecified atom stereocenters. The summed E-state index contributed by atoms with van der Waals surface area (Å²) in [6.45, 7) is 12.0. The molecule has 2 rings (SSSR count). The van der Waals surface area contributed by atoms with Gasteiger partial charge in [0.05, 0.1) is 12.1 Å². The van der Waals surface area contributed by atoms with Crippen LogP contribution in [0.1, 0.15) is 39.2 Å². The SMILES string of the molecule is CC(C)(C)[Si](C)(C)OC1CN(C(=O)OCc2ccccc2)CCCC1N=[N+]=[N-]. The van der Waals surface area contributed by atoms with E-state index in [1.165, 1.54) is 0 Å². The van der Waals surface area contributed by atoms with Crippen LogP contribution in [-0.4, -0.2) is 44.5 Å². The summed E-state index contributed by atoms with van der Waals surface area (Å²) in [5, 5.41) is 4.00. The monoisotopic (exact) mass is 404 g/mol. The quantitative estimate of drug-likeness (QED) is 0.281. The molecule has 1 fully saturated rings. The molecule has 1 saturated heterocycles. The zero-order chi connectivity index (χ0) is 20.8. The Balaban J connectivity index is 2.10. The molecule has 28 heavy (non-hydrogen) atoms. The first-order chi connectivity index (χ1) is 13.1. The summed E-state index contributed by atoms with van der Waals surface area (Å²) in [6, 6.07) is 9.35. The minimum atomic E-state index is -2.08. The molecular formula is C20H32N4O3Si. The Bertz CT molecular complexity index is 699. The van der Waals surface area contributed by atoms with Crippen LogP contribution >= 0.6 is 0 Å². The van der Waals surface area contributed by atoms with Gasteiger partial charge in [0.15, 0.2) is 8.32 Å². The van der Waals surface area contributed by atoms with Crippen molar-refractivity contribution in [2.75, 3.05) is 13.1 Å². The van der Waals surface area contributed by atoms with Crippen molar-refractivity contribution >= 4 is 14.4 Å². The highest BCUT2D eigenvalue weighted by Crippen LogP contribution is 2.38. The molecule has 1 heterocycles. The molecule has 2 atom stereocenters. The number of rotatable bonds is 5. The summed E-state index contributed by atoms with van der Waals surface area (Å²) < 4.78 is 12.1. The van der Waals surface area contributed by atoms with Gasteiger partial charge in [-0.25, -0.2) is 4.79 Å². The average Bonchev–Trinajstić information content (AvgIpc) is 2.82. The summed E-state index contributed by atoms with van der Waals surface area (Å²) in [4.78, 5) is 17.4. The number of nitrogens with zero attached hydrogens (tertiary/aromatic N) is 4. The maximum atomic E-state index is 12.7. The zero-order valence-electron chi connectivity index (χ0n) is 17.6. The number of benzene rings is 1. The first-order valence-corrected chi connectivity index (χ1v) is 12.7. The fraction of sp³-hybridized carbons (Fsp3) is 0.650. The van der Waals surface area contributed by atoms with E-state index in [4.69, 9.17) is 14.7 Å². The second-order valence-corrected chi connectivity index (χ2v) is 13.6. The van der Waals surface area contributed by atoms with Gasteiger partial charge in [0, 0.05) is 18.0 Å². The fourth-order valence-electron chi connectivity index (χ4n) is 2.95. The second kappa shape index (κ2) is 9.45. The Kier molecular flexibility index (Phi) is 7.52. The lowest BCUT2D eigenvalue weighted by Crippen LogP contribution is -2.50. The van der Waals surface area contributed by atoms with E-state index in [0.29, 0.717) is 19.5 Å². The lowest BCUT2D eigenvalue weighted by molar-refractivity contribution is 0.0735. The number of carbonyl (C=O) groups is 1. The van der Waals surface area contributed by atoms with Gasteiger partial charge < -0.3 is 14.1 Å². The van der Waals surface area contributed by atoms with E-state index in [1.54, 1.807) is 4.90 Å². The molecule has 1 aromatic rings. The van der Waals surface area contributed by atoms with Crippen LogP contribution in [0.5, 0.6) is 0 Å². The van der Waals surface area contributed by atoms with Crippen molar-refractivity contribution in [1.82, 2.24) is 4.90 Å². The van der Waals surface area contributed by atoms with Crippen LogP contribution in [0.3, 0.4) is 0 Å². The smallest absolute Gasteiger partial charge is 0.410 e. The minimum absolute atomic E-state index is 0.0266. The molecule has 1 aliphatic heterocycles. The predicted molar refractivity (Wildman–Crippen MR) is 112 cm³/mol. The highest BCUT2D eigenvalue weighted by molar-refractivity contribution is 6.74. The van der Waals surface area contributed by atoms with Crippen molar-refractivity contribution in [3.05, 3.63) is 46.3 Å². The number of hydrogen-bond acceptors (Lipinski definition) is 4. The van der Waals surface area contributed by atoms with Crippen LogP contribution in [0.25, 0.3) is 10.4 Å². The molecule has 154 valence electrons. The van der Waals surface area contributed by atoms with Crippen LogP contribution in [0, 0.1) is 0 Å². The van der Waals surface area contributed by atoms with E-state index < -0.39 is 8.32 Å². The van der Waals surface area contributed by atoms with Gasteiger partial charge in [-0.2, -0.15) is 0 Å². The molecule has 0 spiro atoms. The van der Waals surface area contributed by atoms with Crippen LogP contribution in [0.15, 0.2) is 35.4 Å². The van der Waals surface area contributed by atoms with Crippen LogP contribution in [0.2, 0.25) is 18.1 Å². The molecule has 0 aliphatic carbocycles. The molecule has 0 bridgehead atoms. The molecule has 7 nitrogen and oxygen atoms in total. The number of carbonyl (C=O) groups excluding carboxylic acids is 1. The number of likely N-dealkylation sites (tertiary alicyclic amines) is 1. The third-order valence-corrected chi connectivity index (χ3v) is 10.2. The second-order valence-electron chi connectivity index (χ2n) is 8.82. The Morgan fingerprint density at radius 2 is 2.00 bits per heavy atom. The molecule has 0 saturated carbocycles. The van der Waals surface area contributed by atoms with Crippen molar-refractivity contribution in [2.24, 2.45) is 5.11 Å². The number of ether oxygens (including phenoxy) is 1. The number of hydrogen-bond donors (Lipinski definition) is 0. The van der Waals surface area contributed by atoms with Crippen molar-refractivity contribution < 1.29 is 14.0 Å². The molecule has 1 amide bonds. The lowest BCUT2D eigenvalue weighted by atomic mass is 10.1. The minimum Gasteiger partial charge on any atom is -0.445 e. The molecule has 1 aromatic carbocycles. The van der Waals surface area contributed by atoms with E-state index in [2.05, 4.69) is 43.9 Å². The van der Waals surface area contributed by atoms with Crippen LogP contribution < -0.4 is 0 Å². The average molecular weight is 405 g/mol. The molecule has 8 heteroatoms.